The molecular formula is C14H29NO3. The molecule has 2 unspecified atom stereocenters. The largest absolute Gasteiger partial charge is 0.392 e. The smallest absolute Gasteiger partial charge is 0.0897 e. The van der Waals surface area contributed by atoms with Crippen molar-refractivity contribution in [1.82, 2.24) is 5.32 Å². The number of aliphatic hydroxyl groups is 2. The van der Waals surface area contributed by atoms with E-state index in [0.717, 1.165) is 19.3 Å². The van der Waals surface area contributed by atoms with E-state index in [1.165, 1.54) is 12.8 Å². The Labute approximate surface area is 111 Å². The lowest BCUT2D eigenvalue weighted by Crippen LogP contribution is -2.36. The van der Waals surface area contributed by atoms with Crippen LogP contribution in [-0.2, 0) is 4.74 Å². The molecule has 1 aliphatic rings. The monoisotopic (exact) mass is 259 g/mol. The predicted molar refractivity (Wildman–Crippen MR) is 72.5 cm³/mol. The SMILES string of the molecule is CC(C)CC(O)CNCC(O)COC1CCCC1. The molecule has 0 aromatic rings. The maximum absolute atomic E-state index is 9.74. The van der Waals surface area contributed by atoms with Gasteiger partial charge in [0.25, 0.3) is 0 Å². The maximum atomic E-state index is 9.74. The van der Waals surface area contributed by atoms with E-state index in [1.807, 2.05) is 0 Å². The quantitative estimate of drug-likeness (QED) is 0.584. The predicted octanol–water partition coefficient (Wildman–Crippen LogP) is 1.30. The van der Waals surface area contributed by atoms with Crippen LogP contribution in [0.15, 0.2) is 0 Å². The van der Waals surface area contributed by atoms with Crippen molar-refractivity contribution in [2.75, 3.05) is 19.7 Å². The Balaban J connectivity index is 1.97. The molecule has 4 nitrogen and oxygen atoms in total. The zero-order valence-corrected chi connectivity index (χ0v) is 11.8. The van der Waals surface area contributed by atoms with E-state index in [4.69, 9.17) is 4.74 Å². The lowest BCUT2D eigenvalue weighted by Gasteiger charge is -2.18. The fraction of sp³-hybridized carbons (Fsp3) is 1.00. The summed E-state index contributed by atoms with van der Waals surface area (Å²) < 4.78 is 5.63. The Hall–Kier alpha value is -0.160. The van der Waals surface area contributed by atoms with E-state index < -0.39 is 6.10 Å². The number of rotatable bonds is 9. The second kappa shape index (κ2) is 8.86. The van der Waals surface area contributed by atoms with Crippen molar-refractivity contribution in [3.05, 3.63) is 0 Å². The number of aliphatic hydroxyl groups excluding tert-OH is 2. The van der Waals surface area contributed by atoms with Gasteiger partial charge in [-0.25, -0.2) is 0 Å². The topological polar surface area (TPSA) is 61.7 Å². The number of ether oxygens (including phenoxy) is 1. The van der Waals surface area contributed by atoms with Crippen molar-refractivity contribution < 1.29 is 14.9 Å². The van der Waals surface area contributed by atoms with E-state index in [0.29, 0.717) is 31.7 Å². The molecule has 0 amide bonds. The summed E-state index contributed by atoms with van der Waals surface area (Å²) in [6.07, 6.45) is 5.11. The van der Waals surface area contributed by atoms with Crippen LogP contribution in [-0.4, -0.2) is 48.2 Å². The standard InChI is InChI=1S/C14H29NO3/c1-11(2)7-12(16)8-15-9-13(17)10-18-14-5-3-4-6-14/h11-17H,3-10H2,1-2H3. The zero-order chi connectivity index (χ0) is 13.4. The number of nitrogens with one attached hydrogen (secondary N) is 1. The van der Waals surface area contributed by atoms with Crippen LogP contribution < -0.4 is 5.32 Å². The summed E-state index contributed by atoms with van der Waals surface area (Å²) in [5, 5.41) is 22.5. The van der Waals surface area contributed by atoms with Gasteiger partial charge in [0.1, 0.15) is 0 Å². The van der Waals surface area contributed by atoms with Crippen molar-refractivity contribution in [1.29, 1.82) is 0 Å². The van der Waals surface area contributed by atoms with Gasteiger partial charge in [0.05, 0.1) is 24.9 Å². The van der Waals surface area contributed by atoms with E-state index in [2.05, 4.69) is 19.2 Å². The third kappa shape index (κ3) is 7.31. The first kappa shape index (κ1) is 15.9. The molecule has 0 heterocycles. The lowest BCUT2D eigenvalue weighted by atomic mass is 10.1. The minimum Gasteiger partial charge on any atom is -0.392 e. The Bertz CT molecular complexity index is 205. The van der Waals surface area contributed by atoms with E-state index >= 15 is 0 Å². The molecule has 0 aromatic carbocycles. The molecule has 1 saturated carbocycles. The van der Waals surface area contributed by atoms with Crippen molar-refractivity contribution in [2.24, 2.45) is 5.92 Å². The second-order valence-corrected chi connectivity index (χ2v) is 5.84. The van der Waals surface area contributed by atoms with Gasteiger partial charge in [-0.3, -0.25) is 0 Å². The van der Waals surface area contributed by atoms with Gasteiger partial charge in [-0.2, -0.15) is 0 Å². The summed E-state index contributed by atoms with van der Waals surface area (Å²) >= 11 is 0. The van der Waals surface area contributed by atoms with Crippen LogP contribution in [0.1, 0.15) is 46.0 Å². The third-order valence-electron chi connectivity index (χ3n) is 3.33. The van der Waals surface area contributed by atoms with Gasteiger partial charge in [0, 0.05) is 13.1 Å². The molecule has 1 aliphatic carbocycles. The minimum atomic E-state index is -0.475. The van der Waals surface area contributed by atoms with Gasteiger partial charge in [-0.1, -0.05) is 26.7 Å². The lowest BCUT2D eigenvalue weighted by molar-refractivity contribution is -0.00635. The second-order valence-electron chi connectivity index (χ2n) is 5.84. The van der Waals surface area contributed by atoms with Crippen LogP contribution >= 0.6 is 0 Å². The van der Waals surface area contributed by atoms with Crippen LogP contribution in [0, 0.1) is 5.92 Å². The van der Waals surface area contributed by atoms with Gasteiger partial charge >= 0.3 is 0 Å². The summed E-state index contributed by atoms with van der Waals surface area (Å²) in [5.41, 5.74) is 0. The van der Waals surface area contributed by atoms with Crippen molar-refractivity contribution in [3.8, 4) is 0 Å². The molecule has 2 atom stereocenters. The van der Waals surface area contributed by atoms with Gasteiger partial charge in [-0.15, -0.1) is 0 Å². The zero-order valence-electron chi connectivity index (χ0n) is 11.8. The number of hydrogen-bond acceptors (Lipinski definition) is 4. The molecular weight excluding hydrogens is 230 g/mol. The fourth-order valence-electron chi connectivity index (χ4n) is 2.41. The molecule has 0 aliphatic heterocycles. The summed E-state index contributed by atoms with van der Waals surface area (Å²) in [6, 6.07) is 0. The summed E-state index contributed by atoms with van der Waals surface area (Å²) in [4.78, 5) is 0. The third-order valence-corrected chi connectivity index (χ3v) is 3.33. The molecule has 18 heavy (non-hydrogen) atoms. The molecule has 1 fully saturated rings. The average molecular weight is 259 g/mol. The average Bonchev–Trinajstić information content (AvgIpc) is 2.78. The highest BCUT2D eigenvalue weighted by molar-refractivity contribution is 4.69. The van der Waals surface area contributed by atoms with Crippen LogP contribution in [0.4, 0.5) is 0 Å². The van der Waals surface area contributed by atoms with Crippen LogP contribution in [0.2, 0.25) is 0 Å². The normalized spacial score (nSPS) is 20.5. The first-order valence-corrected chi connectivity index (χ1v) is 7.26. The molecule has 108 valence electrons. The van der Waals surface area contributed by atoms with Gasteiger partial charge in [0.2, 0.25) is 0 Å². The van der Waals surface area contributed by atoms with E-state index in [9.17, 15) is 10.2 Å². The Morgan fingerprint density at radius 3 is 2.33 bits per heavy atom. The fourth-order valence-corrected chi connectivity index (χ4v) is 2.41. The van der Waals surface area contributed by atoms with E-state index in [1.54, 1.807) is 0 Å². The summed E-state index contributed by atoms with van der Waals surface area (Å²) in [6.45, 7) is 5.61. The maximum Gasteiger partial charge on any atom is 0.0897 e. The number of hydrogen-bond donors (Lipinski definition) is 3. The van der Waals surface area contributed by atoms with Gasteiger partial charge in [0.15, 0.2) is 0 Å². The Morgan fingerprint density at radius 1 is 1.11 bits per heavy atom. The molecule has 3 N–H and O–H groups in total. The molecule has 0 radical (unpaired) electrons. The molecule has 0 aromatic heterocycles. The minimum absolute atomic E-state index is 0.326. The van der Waals surface area contributed by atoms with Crippen molar-refractivity contribution in [3.63, 3.8) is 0 Å². The van der Waals surface area contributed by atoms with Crippen molar-refractivity contribution >= 4 is 0 Å². The molecule has 0 spiro atoms. The van der Waals surface area contributed by atoms with Crippen molar-refractivity contribution in [2.45, 2.75) is 64.3 Å². The first-order chi connectivity index (χ1) is 8.58. The summed E-state index contributed by atoms with van der Waals surface area (Å²) in [7, 11) is 0. The first-order valence-electron chi connectivity index (χ1n) is 7.26. The molecule has 4 heteroatoms. The van der Waals surface area contributed by atoms with Crippen LogP contribution in [0.25, 0.3) is 0 Å². The molecule has 1 rings (SSSR count). The van der Waals surface area contributed by atoms with Crippen LogP contribution in [0.5, 0.6) is 0 Å². The highest BCUT2D eigenvalue weighted by Crippen LogP contribution is 2.20. The van der Waals surface area contributed by atoms with E-state index in [-0.39, 0.29) is 6.10 Å². The Morgan fingerprint density at radius 2 is 1.72 bits per heavy atom. The van der Waals surface area contributed by atoms with Gasteiger partial charge < -0.3 is 20.3 Å². The summed E-state index contributed by atoms with van der Waals surface area (Å²) in [5.74, 6) is 0.498. The van der Waals surface area contributed by atoms with Gasteiger partial charge in [-0.05, 0) is 25.2 Å². The highest BCUT2D eigenvalue weighted by atomic mass is 16.5. The molecule has 0 bridgehead atoms. The highest BCUT2D eigenvalue weighted by Gasteiger charge is 2.17. The Kier molecular flexibility index (Phi) is 7.82. The van der Waals surface area contributed by atoms with Crippen LogP contribution in [0.3, 0.4) is 0 Å². The molecule has 0 saturated heterocycles.